The fourth-order valence-electron chi connectivity index (χ4n) is 4.97. The number of carboxylic acid groups (broad SMARTS) is 1. The first kappa shape index (κ1) is 22.7. The second kappa shape index (κ2) is 9.68. The third kappa shape index (κ3) is 4.37. The van der Waals surface area contributed by atoms with Gasteiger partial charge in [0.25, 0.3) is 0 Å². The summed E-state index contributed by atoms with van der Waals surface area (Å²) in [5, 5.41) is 12.1. The number of hydrogen-bond donors (Lipinski definition) is 2. The Labute approximate surface area is 201 Å². The van der Waals surface area contributed by atoms with Gasteiger partial charge < -0.3 is 24.8 Å². The first-order valence-electron chi connectivity index (χ1n) is 11.3. The molecular weight excluding hydrogens is 456 g/mol. The molecule has 2 fully saturated rings. The van der Waals surface area contributed by atoms with Crippen LogP contribution in [0.4, 0.5) is 4.79 Å². The van der Waals surface area contributed by atoms with Crippen molar-refractivity contribution in [2.75, 3.05) is 31.4 Å². The first-order chi connectivity index (χ1) is 16.5. The van der Waals surface area contributed by atoms with Crippen molar-refractivity contribution in [1.29, 1.82) is 0 Å². The molecule has 1 aliphatic carbocycles. The van der Waals surface area contributed by atoms with Gasteiger partial charge in [0, 0.05) is 18.2 Å². The van der Waals surface area contributed by atoms with Crippen LogP contribution in [0.25, 0.3) is 11.1 Å². The van der Waals surface area contributed by atoms with E-state index in [9.17, 15) is 19.5 Å². The van der Waals surface area contributed by atoms with Crippen LogP contribution in [0.1, 0.15) is 23.5 Å². The smallest absolute Gasteiger partial charge is 0.407 e. The molecule has 0 bridgehead atoms. The van der Waals surface area contributed by atoms with Crippen LogP contribution < -0.4 is 5.32 Å². The van der Waals surface area contributed by atoms with Gasteiger partial charge >= 0.3 is 12.1 Å². The second-order valence-electron chi connectivity index (χ2n) is 8.76. The monoisotopic (exact) mass is 482 g/mol. The number of hydrogen-bond acceptors (Lipinski definition) is 6. The number of carbonyl (C=O) groups is 3. The van der Waals surface area contributed by atoms with E-state index >= 15 is 0 Å². The molecule has 2 aliphatic heterocycles. The largest absolute Gasteiger partial charge is 0.480 e. The van der Waals surface area contributed by atoms with E-state index in [1.54, 1.807) is 0 Å². The summed E-state index contributed by atoms with van der Waals surface area (Å²) >= 11 is 1.44. The Morgan fingerprint density at radius 1 is 1.09 bits per heavy atom. The number of alkyl carbamates (subject to hydrolysis) is 1. The van der Waals surface area contributed by atoms with Crippen LogP contribution in [0, 0.1) is 5.92 Å². The van der Waals surface area contributed by atoms with Crippen molar-refractivity contribution < 1.29 is 29.0 Å². The third-order valence-electron chi connectivity index (χ3n) is 6.70. The van der Waals surface area contributed by atoms with Gasteiger partial charge in [-0.05, 0) is 28.7 Å². The summed E-state index contributed by atoms with van der Waals surface area (Å²) in [6.45, 7) is 0.691. The summed E-state index contributed by atoms with van der Waals surface area (Å²) < 4.78 is 11.2. The Bertz CT molecular complexity index is 1060. The molecule has 2 amide bonds. The average Bonchev–Trinajstić information content (AvgIpc) is 3.59. The van der Waals surface area contributed by atoms with Gasteiger partial charge in [-0.25, -0.2) is 9.59 Å². The van der Waals surface area contributed by atoms with Gasteiger partial charge in [0.1, 0.15) is 12.6 Å². The number of ether oxygens (including phenoxy) is 2. The Hall–Kier alpha value is -3.04. The number of aliphatic carboxylic acids is 1. The Balaban J connectivity index is 1.11. The summed E-state index contributed by atoms with van der Waals surface area (Å²) in [6, 6.07) is 15.5. The molecule has 2 saturated heterocycles. The minimum absolute atomic E-state index is 0.0107. The highest BCUT2D eigenvalue weighted by atomic mass is 32.2. The lowest BCUT2D eigenvalue weighted by Gasteiger charge is -2.23. The molecular formula is C25H26N2O6S. The van der Waals surface area contributed by atoms with Crippen LogP contribution in [0.2, 0.25) is 0 Å². The van der Waals surface area contributed by atoms with Gasteiger partial charge in [-0.2, -0.15) is 0 Å². The molecule has 2 N–H and O–H groups in total. The molecule has 3 atom stereocenters. The lowest BCUT2D eigenvalue weighted by Crippen LogP contribution is -2.44. The maximum atomic E-state index is 12.8. The van der Waals surface area contributed by atoms with Gasteiger partial charge in [-0.1, -0.05) is 48.5 Å². The minimum Gasteiger partial charge on any atom is -0.480 e. The SMILES string of the molecule is O=C(NC[C@@H]1C[C@H](C(=O)N2CSCC2C(=O)O)CO1)OCC1c2ccccc2-c2ccccc21. The molecule has 0 aromatic heterocycles. The van der Waals surface area contributed by atoms with Gasteiger partial charge in [0.15, 0.2) is 0 Å². The predicted octanol–water partition coefficient (Wildman–Crippen LogP) is 2.92. The second-order valence-corrected chi connectivity index (χ2v) is 9.76. The Kier molecular flexibility index (Phi) is 6.47. The highest BCUT2D eigenvalue weighted by molar-refractivity contribution is 7.99. The van der Waals surface area contributed by atoms with E-state index in [1.807, 2.05) is 24.3 Å². The zero-order valence-electron chi connectivity index (χ0n) is 18.5. The minimum atomic E-state index is -0.981. The van der Waals surface area contributed by atoms with E-state index in [-0.39, 0.29) is 37.7 Å². The third-order valence-corrected chi connectivity index (χ3v) is 7.71. The molecule has 9 heteroatoms. The summed E-state index contributed by atoms with van der Waals surface area (Å²) in [6.07, 6.45) is -0.397. The Morgan fingerprint density at radius 2 is 1.76 bits per heavy atom. The molecule has 0 saturated carbocycles. The van der Waals surface area contributed by atoms with Crippen molar-refractivity contribution in [2.24, 2.45) is 5.92 Å². The van der Waals surface area contributed by atoms with E-state index in [4.69, 9.17) is 9.47 Å². The molecule has 3 aliphatic rings. The summed E-state index contributed by atoms with van der Waals surface area (Å²) in [4.78, 5) is 37.9. The summed E-state index contributed by atoms with van der Waals surface area (Å²) in [5.41, 5.74) is 4.64. The molecule has 5 rings (SSSR count). The number of thioether (sulfide) groups is 1. The van der Waals surface area contributed by atoms with Gasteiger partial charge in [0.2, 0.25) is 5.91 Å². The molecule has 0 radical (unpaired) electrons. The zero-order chi connectivity index (χ0) is 23.7. The lowest BCUT2D eigenvalue weighted by atomic mass is 9.98. The van der Waals surface area contributed by atoms with Crippen LogP contribution in [0.5, 0.6) is 0 Å². The molecule has 2 heterocycles. The zero-order valence-corrected chi connectivity index (χ0v) is 19.3. The number of benzene rings is 2. The molecule has 1 unspecified atom stereocenters. The van der Waals surface area contributed by atoms with Crippen LogP contribution in [0.3, 0.4) is 0 Å². The standard InChI is InChI=1S/C25H26N2O6S/c28-23(27-14-34-13-22(27)24(29)30)15-9-16(32-11-15)10-26-25(31)33-12-21-19-7-3-1-5-17(19)18-6-2-4-8-20(18)21/h1-8,15-16,21-22H,9-14H2,(H,26,31)(H,29,30)/t15-,16-,22?/m0/s1. The molecule has 2 aromatic carbocycles. The number of nitrogens with zero attached hydrogens (tertiary/aromatic N) is 1. The highest BCUT2D eigenvalue weighted by Crippen LogP contribution is 2.44. The van der Waals surface area contributed by atoms with Gasteiger partial charge in [-0.3, -0.25) is 4.79 Å². The number of carboxylic acids is 1. The maximum absolute atomic E-state index is 12.8. The van der Waals surface area contributed by atoms with Crippen molar-refractivity contribution in [3.8, 4) is 11.1 Å². The lowest BCUT2D eigenvalue weighted by molar-refractivity contribution is -0.149. The van der Waals surface area contributed by atoms with E-state index < -0.39 is 24.0 Å². The van der Waals surface area contributed by atoms with Crippen molar-refractivity contribution in [3.63, 3.8) is 0 Å². The van der Waals surface area contributed by atoms with Crippen molar-refractivity contribution >= 4 is 29.7 Å². The van der Waals surface area contributed by atoms with Crippen LogP contribution >= 0.6 is 11.8 Å². The fraction of sp³-hybridized carbons (Fsp3) is 0.400. The van der Waals surface area contributed by atoms with Crippen molar-refractivity contribution in [3.05, 3.63) is 59.7 Å². The van der Waals surface area contributed by atoms with Crippen LogP contribution in [-0.2, 0) is 19.1 Å². The molecule has 34 heavy (non-hydrogen) atoms. The van der Waals surface area contributed by atoms with Gasteiger partial charge in [0.05, 0.1) is 24.5 Å². The number of rotatable bonds is 6. The molecule has 178 valence electrons. The van der Waals surface area contributed by atoms with E-state index in [2.05, 4.69) is 29.6 Å². The highest BCUT2D eigenvalue weighted by Gasteiger charge is 2.40. The summed E-state index contributed by atoms with van der Waals surface area (Å²) in [5.74, 6) is -0.791. The molecule has 8 nitrogen and oxygen atoms in total. The normalized spacial score (nSPS) is 23.4. The van der Waals surface area contributed by atoms with E-state index in [0.717, 1.165) is 11.1 Å². The van der Waals surface area contributed by atoms with Crippen LogP contribution in [-0.4, -0.2) is 71.5 Å². The first-order valence-corrected chi connectivity index (χ1v) is 12.5. The van der Waals surface area contributed by atoms with Crippen molar-refractivity contribution in [1.82, 2.24) is 10.2 Å². The number of amides is 2. The summed E-state index contributed by atoms with van der Waals surface area (Å²) in [7, 11) is 0. The average molecular weight is 483 g/mol. The molecule has 0 spiro atoms. The quantitative estimate of drug-likeness (QED) is 0.652. The van der Waals surface area contributed by atoms with E-state index in [1.165, 1.54) is 27.8 Å². The fourth-order valence-corrected chi connectivity index (χ4v) is 6.12. The number of nitrogens with one attached hydrogen (secondary N) is 1. The predicted molar refractivity (Wildman–Crippen MR) is 127 cm³/mol. The number of carbonyl (C=O) groups excluding carboxylic acids is 2. The van der Waals surface area contributed by atoms with Gasteiger partial charge in [-0.15, -0.1) is 11.8 Å². The number of fused-ring (bicyclic) bond motifs is 3. The van der Waals surface area contributed by atoms with Crippen LogP contribution in [0.15, 0.2) is 48.5 Å². The topological polar surface area (TPSA) is 105 Å². The molecule has 2 aromatic rings. The van der Waals surface area contributed by atoms with E-state index in [0.29, 0.717) is 18.1 Å². The van der Waals surface area contributed by atoms with Crippen molar-refractivity contribution in [2.45, 2.75) is 24.5 Å². The maximum Gasteiger partial charge on any atom is 0.407 e. The Morgan fingerprint density at radius 3 is 2.44 bits per heavy atom.